The molecule has 0 saturated carbocycles. The molecule has 0 amide bonds. The Kier molecular flexibility index (Phi) is 7.25. The van der Waals surface area contributed by atoms with Gasteiger partial charge < -0.3 is 10.2 Å². The smallest absolute Gasteiger partial charge is 0.0471 e. The van der Waals surface area contributed by atoms with Crippen LogP contribution in [0, 0.1) is 0 Å². The molecule has 1 rings (SSSR count). The van der Waals surface area contributed by atoms with E-state index < -0.39 is 0 Å². The second kappa shape index (κ2) is 8.44. The Morgan fingerprint density at radius 3 is 2.53 bits per heavy atom. The first-order valence-electron chi connectivity index (χ1n) is 7.36. The van der Waals surface area contributed by atoms with Crippen molar-refractivity contribution in [2.24, 2.45) is 0 Å². The predicted octanol–water partition coefficient (Wildman–Crippen LogP) is 4.46. The lowest BCUT2D eigenvalue weighted by Gasteiger charge is -2.31. The largest absolute Gasteiger partial charge is 0.369 e. The quantitative estimate of drug-likeness (QED) is 0.708. The zero-order chi connectivity index (χ0) is 14.3. The Balaban J connectivity index is 2.99. The summed E-state index contributed by atoms with van der Waals surface area (Å²) in [5.41, 5.74) is 2.49. The third kappa shape index (κ3) is 4.70. The summed E-state index contributed by atoms with van der Waals surface area (Å²) in [6.45, 7) is 11.8. The van der Waals surface area contributed by atoms with Crippen LogP contribution in [0.2, 0.25) is 5.02 Å². The second-order valence-corrected chi connectivity index (χ2v) is 5.61. The highest BCUT2D eigenvalue weighted by molar-refractivity contribution is 6.31. The van der Waals surface area contributed by atoms with Crippen molar-refractivity contribution in [1.82, 2.24) is 5.32 Å². The van der Waals surface area contributed by atoms with Crippen LogP contribution in [0.1, 0.15) is 46.1 Å². The van der Waals surface area contributed by atoms with Gasteiger partial charge in [-0.1, -0.05) is 31.5 Å². The monoisotopic (exact) mass is 282 g/mol. The number of nitrogens with zero attached hydrogens (tertiary/aromatic N) is 1. The van der Waals surface area contributed by atoms with Crippen LogP contribution in [0.3, 0.4) is 0 Å². The van der Waals surface area contributed by atoms with E-state index in [1.165, 1.54) is 11.3 Å². The van der Waals surface area contributed by atoms with E-state index in [1.807, 2.05) is 12.1 Å². The van der Waals surface area contributed by atoms with Crippen molar-refractivity contribution in [2.45, 2.75) is 53.1 Å². The standard InChI is InChI=1S/C16H27ClN2/c1-5-10-18-12-14-15(17)8-7-9-16(14)19(11-6-2)13(3)4/h7-9,13,18H,5-6,10-12H2,1-4H3. The summed E-state index contributed by atoms with van der Waals surface area (Å²) in [5.74, 6) is 0. The van der Waals surface area contributed by atoms with Gasteiger partial charge in [0.25, 0.3) is 0 Å². The predicted molar refractivity (Wildman–Crippen MR) is 86.2 cm³/mol. The molecule has 0 bridgehead atoms. The van der Waals surface area contributed by atoms with E-state index in [4.69, 9.17) is 11.6 Å². The summed E-state index contributed by atoms with van der Waals surface area (Å²) in [7, 11) is 0. The molecule has 0 unspecified atom stereocenters. The molecule has 3 heteroatoms. The molecule has 0 heterocycles. The fraction of sp³-hybridized carbons (Fsp3) is 0.625. The van der Waals surface area contributed by atoms with Crippen LogP contribution in [-0.2, 0) is 6.54 Å². The van der Waals surface area contributed by atoms with E-state index in [-0.39, 0.29) is 0 Å². The molecule has 0 aliphatic rings. The van der Waals surface area contributed by atoms with Crippen LogP contribution in [0.25, 0.3) is 0 Å². The van der Waals surface area contributed by atoms with Crippen molar-refractivity contribution < 1.29 is 0 Å². The van der Waals surface area contributed by atoms with E-state index in [9.17, 15) is 0 Å². The third-order valence-corrected chi connectivity index (χ3v) is 3.57. The number of nitrogens with one attached hydrogen (secondary N) is 1. The highest BCUT2D eigenvalue weighted by atomic mass is 35.5. The SMILES string of the molecule is CCCNCc1c(Cl)cccc1N(CCC)C(C)C. The topological polar surface area (TPSA) is 15.3 Å². The van der Waals surface area contributed by atoms with E-state index >= 15 is 0 Å². The average Bonchev–Trinajstić information content (AvgIpc) is 2.38. The lowest BCUT2D eigenvalue weighted by atomic mass is 10.1. The van der Waals surface area contributed by atoms with Crippen LogP contribution in [-0.4, -0.2) is 19.1 Å². The van der Waals surface area contributed by atoms with Gasteiger partial charge in [-0.05, 0) is 45.4 Å². The summed E-state index contributed by atoms with van der Waals surface area (Å²) in [6, 6.07) is 6.71. The van der Waals surface area contributed by atoms with Crippen molar-refractivity contribution in [3.8, 4) is 0 Å². The Morgan fingerprint density at radius 1 is 1.21 bits per heavy atom. The molecule has 108 valence electrons. The van der Waals surface area contributed by atoms with E-state index in [1.54, 1.807) is 0 Å². The van der Waals surface area contributed by atoms with E-state index in [2.05, 4.69) is 44.0 Å². The molecule has 2 nitrogen and oxygen atoms in total. The van der Waals surface area contributed by atoms with Crippen molar-refractivity contribution in [3.05, 3.63) is 28.8 Å². The van der Waals surface area contributed by atoms with Gasteiger partial charge in [-0.3, -0.25) is 0 Å². The average molecular weight is 283 g/mol. The fourth-order valence-corrected chi connectivity index (χ4v) is 2.52. The van der Waals surface area contributed by atoms with Crippen LogP contribution >= 0.6 is 11.6 Å². The zero-order valence-electron chi connectivity index (χ0n) is 12.7. The Hall–Kier alpha value is -0.730. The van der Waals surface area contributed by atoms with Crippen molar-refractivity contribution in [1.29, 1.82) is 0 Å². The lowest BCUT2D eigenvalue weighted by molar-refractivity contribution is 0.649. The summed E-state index contributed by atoms with van der Waals surface area (Å²) < 4.78 is 0. The van der Waals surface area contributed by atoms with Gasteiger partial charge in [0.05, 0.1) is 0 Å². The lowest BCUT2D eigenvalue weighted by Crippen LogP contribution is -2.33. The minimum absolute atomic E-state index is 0.489. The number of anilines is 1. The normalized spacial score (nSPS) is 11.1. The summed E-state index contributed by atoms with van der Waals surface area (Å²) >= 11 is 6.39. The maximum absolute atomic E-state index is 6.39. The van der Waals surface area contributed by atoms with Gasteiger partial charge in [0.1, 0.15) is 0 Å². The zero-order valence-corrected chi connectivity index (χ0v) is 13.4. The molecular formula is C16H27ClN2. The molecule has 0 aromatic heterocycles. The van der Waals surface area contributed by atoms with Crippen molar-refractivity contribution in [2.75, 3.05) is 18.0 Å². The Labute approximate surface area is 123 Å². The molecule has 1 N–H and O–H groups in total. The number of benzene rings is 1. The van der Waals surface area contributed by atoms with Gasteiger partial charge in [0, 0.05) is 35.4 Å². The van der Waals surface area contributed by atoms with Gasteiger partial charge in [-0.2, -0.15) is 0 Å². The van der Waals surface area contributed by atoms with Crippen LogP contribution in [0.5, 0.6) is 0 Å². The number of rotatable bonds is 8. The first kappa shape index (κ1) is 16.3. The molecular weight excluding hydrogens is 256 g/mol. The highest BCUT2D eigenvalue weighted by Gasteiger charge is 2.15. The molecule has 0 aliphatic carbocycles. The molecule has 0 saturated heterocycles. The summed E-state index contributed by atoms with van der Waals surface area (Å²) in [6.07, 6.45) is 2.29. The summed E-state index contributed by atoms with van der Waals surface area (Å²) in [4.78, 5) is 2.44. The van der Waals surface area contributed by atoms with Crippen molar-refractivity contribution in [3.63, 3.8) is 0 Å². The number of halogens is 1. The highest BCUT2D eigenvalue weighted by Crippen LogP contribution is 2.29. The van der Waals surface area contributed by atoms with E-state index in [0.717, 1.165) is 37.5 Å². The minimum atomic E-state index is 0.489. The second-order valence-electron chi connectivity index (χ2n) is 5.20. The van der Waals surface area contributed by atoms with Gasteiger partial charge in [0.2, 0.25) is 0 Å². The maximum atomic E-state index is 6.39. The Morgan fingerprint density at radius 2 is 1.95 bits per heavy atom. The third-order valence-electron chi connectivity index (χ3n) is 3.22. The number of hydrogen-bond donors (Lipinski definition) is 1. The van der Waals surface area contributed by atoms with E-state index in [0.29, 0.717) is 6.04 Å². The molecule has 19 heavy (non-hydrogen) atoms. The number of hydrogen-bond acceptors (Lipinski definition) is 2. The van der Waals surface area contributed by atoms with Gasteiger partial charge in [0.15, 0.2) is 0 Å². The maximum Gasteiger partial charge on any atom is 0.0471 e. The minimum Gasteiger partial charge on any atom is -0.369 e. The molecule has 1 aromatic rings. The molecule has 0 radical (unpaired) electrons. The van der Waals surface area contributed by atoms with Crippen LogP contribution in [0.4, 0.5) is 5.69 Å². The van der Waals surface area contributed by atoms with Crippen LogP contribution in [0.15, 0.2) is 18.2 Å². The van der Waals surface area contributed by atoms with Gasteiger partial charge in [-0.15, -0.1) is 0 Å². The van der Waals surface area contributed by atoms with Gasteiger partial charge in [-0.25, -0.2) is 0 Å². The summed E-state index contributed by atoms with van der Waals surface area (Å²) in [5, 5.41) is 4.32. The molecule has 0 aliphatic heterocycles. The Bertz CT molecular complexity index is 377. The van der Waals surface area contributed by atoms with Crippen LogP contribution < -0.4 is 10.2 Å². The first-order chi connectivity index (χ1) is 9.11. The molecule has 0 fully saturated rings. The van der Waals surface area contributed by atoms with Crippen molar-refractivity contribution >= 4 is 17.3 Å². The van der Waals surface area contributed by atoms with Gasteiger partial charge >= 0.3 is 0 Å². The molecule has 0 atom stereocenters. The fourth-order valence-electron chi connectivity index (χ4n) is 2.28. The first-order valence-corrected chi connectivity index (χ1v) is 7.74. The molecule has 1 aromatic carbocycles. The molecule has 0 spiro atoms.